The summed E-state index contributed by atoms with van der Waals surface area (Å²) in [5, 5.41) is 0. The van der Waals surface area contributed by atoms with Gasteiger partial charge in [-0.2, -0.15) is 0 Å². The Balaban J connectivity index is 2.49. The molecule has 1 aliphatic rings. The highest BCUT2D eigenvalue weighted by Gasteiger charge is 2.42. The van der Waals surface area contributed by atoms with Crippen molar-refractivity contribution in [2.45, 2.75) is 23.3 Å². The van der Waals surface area contributed by atoms with Gasteiger partial charge in [0.25, 0.3) is 0 Å². The quantitative estimate of drug-likeness (QED) is 0.767. The first-order valence-corrected chi connectivity index (χ1v) is 5.62. The van der Waals surface area contributed by atoms with Gasteiger partial charge in [0.1, 0.15) is 0 Å². The van der Waals surface area contributed by atoms with E-state index in [2.05, 4.69) is 0 Å². The van der Waals surface area contributed by atoms with E-state index < -0.39 is 17.2 Å². The lowest BCUT2D eigenvalue weighted by atomic mass is 10.1. The number of benzene rings is 1. The van der Waals surface area contributed by atoms with Gasteiger partial charge in [0, 0.05) is 16.0 Å². The minimum atomic E-state index is -0.781. The summed E-state index contributed by atoms with van der Waals surface area (Å²) >= 11 is 1.19. The molecule has 76 valence electrons. The van der Waals surface area contributed by atoms with Crippen molar-refractivity contribution >= 4 is 11.8 Å². The third-order valence-electron chi connectivity index (χ3n) is 2.59. The zero-order valence-corrected chi connectivity index (χ0v) is 8.63. The highest BCUT2D eigenvalue weighted by molar-refractivity contribution is 7.98. The molecule has 0 bridgehead atoms. The van der Waals surface area contributed by atoms with Crippen LogP contribution in [0, 0.1) is 11.6 Å². The predicted molar refractivity (Wildman–Crippen MR) is 53.2 cm³/mol. The molecule has 0 heterocycles. The Morgan fingerprint density at radius 3 is 2.43 bits per heavy atom. The van der Waals surface area contributed by atoms with E-state index in [1.165, 1.54) is 11.8 Å². The number of hydrogen-bond acceptors (Lipinski definition) is 2. The third kappa shape index (κ3) is 1.42. The summed E-state index contributed by atoms with van der Waals surface area (Å²) in [5.74, 6) is -1.55. The number of rotatable bonds is 2. The van der Waals surface area contributed by atoms with Crippen LogP contribution in [-0.4, -0.2) is 6.26 Å². The molecule has 4 heteroatoms. The normalized spacial score (nSPS) is 18.3. The Bertz CT molecular complexity index is 375. The van der Waals surface area contributed by atoms with Crippen molar-refractivity contribution in [3.63, 3.8) is 0 Å². The molecule has 0 radical (unpaired) electrons. The van der Waals surface area contributed by atoms with Crippen molar-refractivity contribution in [2.24, 2.45) is 5.73 Å². The second-order valence-electron chi connectivity index (χ2n) is 3.60. The SMILES string of the molecule is CSc1ccc(C2(N)CC2)c(F)c1F. The highest BCUT2D eigenvalue weighted by atomic mass is 32.2. The van der Waals surface area contributed by atoms with Crippen LogP contribution >= 0.6 is 11.8 Å². The van der Waals surface area contributed by atoms with Gasteiger partial charge in [0.05, 0.1) is 0 Å². The molecule has 1 fully saturated rings. The van der Waals surface area contributed by atoms with Gasteiger partial charge in [-0.25, -0.2) is 8.78 Å². The van der Waals surface area contributed by atoms with Crippen LogP contribution < -0.4 is 5.73 Å². The molecule has 1 aromatic rings. The molecule has 0 unspecified atom stereocenters. The molecular formula is C10H11F2NS. The van der Waals surface area contributed by atoms with Gasteiger partial charge in [-0.15, -0.1) is 11.8 Å². The minimum Gasteiger partial charge on any atom is -0.321 e. The summed E-state index contributed by atoms with van der Waals surface area (Å²) in [4.78, 5) is 0.329. The van der Waals surface area contributed by atoms with E-state index in [0.29, 0.717) is 10.5 Å². The maximum Gasteiger partial charge on any atom is 0.172 e. The number of hydrogen-bond donors (Lipinski definition) is 1. The van der Waals surface area contributed by atoms with Crippen molar-refractivity contribution in [1.29, 1.82) is 0 Å². The lowest BCUT2D eigenvalue weighted by Crippen LogP contribution is -2.21. The summed E-state index contributed by atoms with van der Waals surface area (Å²) < 4.78 is 26.9. The summed E-state index contributed by atoms with van der Waals surface area (Å²) in [6.07, 6.45) is 3.19. The monoisotopic (exact) mass is 215 g/mol. The lowest BCUT2D eigenvalue weighted by Gasteiger charge is -2.12. The van der Waals surface area contributed by atoms with Gasteiger partial charge < -0.3 is 5.73 Å². The van der Waals surface area contributed by atoms with Crippen LogP contribution in [0.15, 0.2) is 17.0 Å². The van der Waals surface area contributed by atoms with E-state index in [4.69, 9.17) is 5.73 Å². The van der Waals surface area contributed by atoms with Crippen LogP contribution in [0.2, 0.25) is 0 Å². The van der Waals surface area contributed by atoms with Gasteiger partial charge in [-0.05, 0) is 25.2 Å². The van der Waals surface area contributed by atoms with Crippen LogP contribution in [0.4, 0.5) is 8.78 Å². The Morgan fingerprint density at radius 1 is 1.29 bits per heavy atom. The van der Waals surface area contributed by atoms with Crippen molar-refractivity contribution in [1.82, 2.24) is 0 Å². The first-order valence-electron chi connectivity index (χ1n) is 4.40. The fourth-order valence-electron chi connectivity index (χ4n) is 1.48. The number of halogens is 2. The summed E-state index contributed by atoms with van der Waals surface area (Å²) in [6, 6.07) is 3.18. The summed E-state index contributed by atoms with van der Waals surface area (Å²) in [5.41, 5.74) is 5.52. The van der Waals surface area contributed by atoms with Gasteiger partial charge in [0.15, 0.2) is 11.6 Å². The van der Waals surface area contributed by atoms with Gasteiger partial charge in [-0.3, -0.25) is 0 Å². The number of thioether (sulfide) groups is 1. The maximum atomic E-state index is 13.5. The van der Waals surface area contributed by atoms with E-state index in [1.807, 2.05) is 0 Å². The third-order valence-corrected chi connectivity index (χ3v) is 3.35. The summed E-state index contributed by atoms with van der Waals surface area (Å²) in [7, 11) is 0. The van der Waals surface area contributed by atoms with Crippen LogP contribution in [0.3, 0.4) is 0 Å². The lowest BCUT2D eigenvalue weighted by molar-refractivity contribution is 0.471. The molecule has 1 saturated carbocycles. The molecule has 14 heavy (non-hydrogen) atoms. The number of nitrogens with two attached hydrogens (primary N) is 1. The van der Waals surface area contributed by atoms with E-state index in [9.17, 15) is 8.78 Å². The van der Waals surface area contributed by atoms with Crippen LogP contribution in [0.1, 0.15) is 18.4 Å². The molecule has 2 rings (SSSR count). The molecular weight excluding hydrogens is 204 g/mol. The average molecular weight is 215 g/mol. The van der Waals surface area contributed by atoms with E-state index in [1.54, 1.807) is 18.4 Å². The topological polar surface area (TPSA) is 26.0 Å². The molecule has 0 saturated heterocycles. The van der Waals surface area contributed by atoms with E-state index >= 15 is 0 Å². The molecule has 0 spiro atoms. The van der Waals surface area contributed by atoms with E-state index in [0.717, 1.165) is 12.8 Å². The molecule has 1 aromatic carbocycles. The van der Waals surface area contributed by atoms with Crippen molar-refractivity contribution in [3.05, 3.63) is 29.3 Å². The van der Waals surface area contributed by atoms with Crippen LogP contribution in [-0.2, 0) is 5.54 Å². The van der Waals surface area contributed by atoms with Crippen molar-refractivity contribution in [3.8, 4) is 0 Å². The first-order chi connectivity index (χ1) is 6.58. The standard InChI is InChI=1S/C10H11F2NS/c1-14-7-3-2-6(8(11)9(7)12)10(13)4-5-10/h2-3H,4-5,13H2,1H3. The summed E-state index contributed by atoms with van der Waals surface area (Å²) in [6.45, 7) is 0. The fraction of sp³-hybridized carbons (Fsp3) is 0.400. The first kappa shape index (κ1) is 9.93. The zero-order chi connectivity index (χ0) is 10.3. The molecule has 1 aliphatic carbocycles. The fourth-order valence-corrected chi connectivity index (χ4v) is 1.95. The van der Waals surface area contributed by atoms with E-state index in [-0.39, 0.29) is 0 Å². The molecule has 0 amide bonds. The molecule has 0 aliphatic heterocycles. The maximum absolute atomic E-state index is 13.5. The van der Waals surface area contributed by atoms with Crippen molar-refractivity contribution < 1.29 is 8.78 Å². The van der Waals surface area contributed by atoms with Crippen molar-refractivity contribution in [2.75, 3.05) is 6.26 Å². The largest absolute Gasteiger partial charge is 0.321 e. The average Bonchev–Trinajstić information content (AvgIpc) is 2.89. The Morgan fingerprint density at radius 2 is 1.93 bits per heavy atom. The predicted octanol–water partition coefficient (Wildman–Crippen LogP) is 2.63. The minimum absolute atomic E-state index is 0.313. The van der Waals surface area contributed by atoms with Gasteiger partial charge >= 0.3 is 0 Å². The highest BCUT2D eigenvalue weighted by Crippen LogP contribution is 2.44. The second kappa shape index (κ2) is 3.21. The van der Waals surface area contributed by atoms with Crippen LogP contribution in [0.5, 0.6) is 0 Å². The molecule has 2 N–H and O–H groups in total. The van der Waals surface area contributed by atoms with Crippen LogP contribution in [0.25, 0.3) is 0 Å². The Kier molecular flexibility index (Phi) is 2.27. The molecule has 1 nitrogen and oxygen atoms in total. The van der Waals surface area contributed by atoms with Gasteiger partial charge in [-0.1, -0.05) is 6.07 Å². The Labute approximate surface area is 85.7 Å². The molecule has 0 aromatic heterocycles. The Hall–Kier alpha value is -0.610. The molecule has 0 atom stereocenters. The second-order valence-corrected chi connectivity index (χ2v) is 4.45. The smallest absolute Gasteiger partial charge is 0.172 e. The van der Waals surface area contributed by atoms with Gasteiger partial charge in [0.2, 0.25) is 0 Å². The zero-order valence-electron chi connectivity index (χ0n) is 7.81.